The molecule has 1 saturated heterocycles. The summed E-state index contributed by atoms with van der Waals surface area (Å²) in [6.45, 7) is 0.641. The van der Waals surface area contributed by atoms with Gasteiger partial charge in [0.05, 0.1) is 0 Å². The number of hydrogen-bond donors (Lipinski definition) is 4. The highest BCUT2D eigenvalue weighted by Crippen LogP contribution is 2.62. The number of hydrogen-bond acceptors (Lipinski definition) is 4. The van der Waals surface area contributed by atoms with Crippen molar-refractivity contribution in [1.29, 1.82) is 0 Å². The zero-order chi connectivity index (χ0) is 19.7. The van der Waals surface area contributed by atoms with Crippen molar-refractivity contribution in [2.24, 2.45) is 5.73 Å². The van der Waals surface area contributed by atoms with Gasteiger partial charge < -0.3 is 20.8 Å². The van der Waals surface area contributed by atoms with E-state index in [2.05, 4.69) is 0 Å². The molecule has 1 heterocycles. The highest BCUT2D eigenvalue weighted by Gasteiger charge is 2.54. The summed E-state index contributed by atoms with van der Waals surface area (Å²) in [5, 5.41) is 15.1. The van der Waals surface area contributed by atoms with Crippen molar-refractivity contribution < 1.29 is 42.4 Å². The van der Waals surface area contributed by atoms with E-state index in [1.165, 1.54) is 0 Å². The Balaban J connectivity index is 0.000000697. The number of rotatable bonds is 7. The van der Waals surface area contributed by atoms with E-state index in [9.17, 15) is 32.5 Å². The standard InChI is InChI=1S/C12H24NO4P.C2HF3O2/c13-9-5-2-1-3-7-12(11(14)15)8-4-6-10-18(12,16)17;3-2(4,5)1(6)7/h1-10,13H2,(H,14,15)(H,16,17);(H,6,7). The highest BCUT2D eigenvalue weighted by atomic mass is 31.2. The van der Waals surface area contributed by atoms with E-state index in [-0.39, 0.29) is 6.16 Å². The Morgan fingerprint density at radius 2 is 1.60 bits per heavy atom. The third-order valence-electron chi connectivity index (χ3n) is 4.16. The van der Waals surface area contributed by atoms with E-state index < -0.39 is 30.6 Å². The van der Waals surface area contributed by atoms with Gasteiger partial charge in [0.2, 0.25) is 7.37 Å². The first-order chi connectivity index (χ1) is 11.4. The molecule has 1 rings (SSSR count). The molecule has 0 aromatic heterocycles. The number of aliphatic carboxylic acids is 2. The van der Waals surface area contributed by atoms with Crippen LogP contribution in [0.5, 0.6) is 0 Å². The van der Waals surface area contributed by atoms with E-state index >= 15 is 0 Å². The summed E-state index contributed by atoms with van der Waals surface area (Å²) < 4.78 is 43.9. The Bertz CT molecular complexity index is 499. The Labute approximate surface area is 143 Å². The van der Waals surface area contributed by atoms with Crippen molar-refractivity contribution in [2.75, 3.05) is 12.7 Å². The number of unbranched alkanes of at least 4 members (excludes halogenated alkanes) is 3. The molecule has 25 heavy (non-hydrogen) atoms. The second-order valence-electron chi connectivity index (χ2n) is 5.97. The Hall–Kier alpha value is -1.12. The van der Waals surface area contributed by atoms with E-state index in [4.69, 9.17) is 15.6 Å². The van der Waals surface area contributed by atoms with Gasteiger partial charge >= 0.3 is 18.1 Å². The van der Waals surface area contributed by atoms with Gasteiger partial charge in [0.1, 0.15) is 5.16 Å². The van der Waals surface area contributed by atoms with E-state index in [0.29, 0.717) is 32.2 Å². The molecule has 0 aliphatic carbocycles. The first-order valence-electron chi connectivity index (χ1n) is 7.96. The quantitative estimate of drug-likeness (QED) is 0.387. The summed E-state index contributed by atoms with van der Waals surface area (Å²) in [4.78, 5) is 30.4. The minimum Gasteiger partial charge on any atom is -0.480 e. The number of carbonyl (C=O) groups is 2. The van der Waals surface area contributed by atoms with Crippen LogP contribution in [0.15, 0.2) is 0 Å². The molecule has 11 heteroatoms. The molecule has 0 bridgehead atoms. The fourth-order valence-electron chi connectivity index (χ4n) is 2.71. The summed E-state index contributed by atoms with van der Waals surface area (Å²) in [6, 6.07) is 0. The molecule has 148 valence electrons. The van der Waals surface area contributed by atoms with Crippen molar-refractivity contribution in [2.45, 2.75) is 62.7 Å². The van der Waals surface area contributed by atoms with Gasteiger partial charge in [-0.1, -0.05) is 25.7 Å². The van der Waals surface area contributed by atoms with Gasteiger partial charge in [0.25, 0.3) is 0 Å². The Kier molecular flexibility index (Phi) is 9.68. The lowest BCUT2D eigenvalue weighted by atomic mass is 9.93. The Morgan fingerprint density at radius 3 is 2.00 bits per heavy atom. The van der Waals surface area contributed by atoms with Crippen molar-refractivity contribution in [3.8, 4) is 0 Å². The fourth-order valence-corrected chi connectivity index (χ4v) is 5.10. The average Bonchev–Trinajstić information content (AvgIpc) is 2.47. The van der Waals surface area contributed by atoms with Gasteiger partial charge in [-0.15, -0.1) is 0 Å². The normalized spacial score (nSPS) is 26.4. The zero-order valence-electron chi connectivity index (χ0n) is 13.8. The van der Waals surface area contributed by atoms with Crippen LogP contribution < -0.4 is 5.73 Å². The molecule has 7 nitrogen and oxygen atoms in total. The van der Waals surface area contributed by atoms with Crippen molar-refractivity contribution in [3.05, 3.63) is 0 Å². The molecule has 1 fully saturated rings. The largest absolute Gasteiger partial charge is 0.490 e. The van der Waals surface area contributed by atoms with Crippen LogP contribution in [0.4, 0.5) is 13.2 Å². The molecule has 0 amide bonds. The smallest absolute Gasteiger partial charge is 0.480 e. The molecule has 0 saturated carbocycles. The summed E-state index contributed by atoms with van der Waals surface area (Å²) in [5.41, 5.74) is 5.39. The van der Waals surface area contributed by atoms with Gasteiger partial charge in [-0.05, 0) is 32.2 Å². The summed E-state index contributed by atoms with van der Waals surface area (Å²) >= 11 is 0. The first kappa shape index (κ1) is 23.9. The fraction of sp³-hybridized carbons (Fsp3) is 0.857. The molecule has 1 aliphatic rings. The van der Waals surface area contributed by atoms with Crippen molar-refractivity contribution in [1.82, 2.24) is 0 Å². The number of halogens is 3. The molecule has 0 aromatic rings. The molecule has 1 aliphatic heterocycles. The van der Waals surface area contributed by atoms with Crippen LogP contribution in [0.2, 0.25) is 0 Å². The maximum Gasteiger partial charge on any atom is 0.490 e. The molecule has 0 aromatic carbocycles. The molecule has 2 unspecified atom stereocenters. The van der Waals surface area contributed by atoms with Crippen LogP contribution in [0, 0.1) is 0 Å². The van der Waals surface area contributed by atoms with Crippen molar-refractivity contribution in [3.63, 3.8) is 0 Å². The molecule has 5 N–H and O–H groups in total. The van der Waals surface area contributed by atoms with E-state index in [0.717, 1.165) is 25.7 Å². The molecular weight excluding hydrogens is 366 g/mol. The predicted molar refractivity (Wildman–Crippen MR) is 84.7 cm³/mol. The molecule has 2 atom stereocenters. The van der Waals surface area contributed by atoms with Crippen LogP contribution in [-0.2, 0) is 14.2 Å². The van der Waals surface area contributed by atoms with Gasteiger partial charge in [0.15, 0.2) is 0 Å². The average molecular weight is 391 g/mol. The second-order valence-corrected chi connectivity index (χ2v) is 8.68. The lowest BCUT2D eigenvalue weighted by molar-refractivity contribution is -0.192. The lowest BCUT2D eigenvalue weighted by Gasteiger charge is -2.37. The number of nitrogens with two attached hydrogens (primary N) is 1. The maximum atomic E-state index is 12.2. The van der Waals surface area contributed by atoms with Crippen molar-refractivity contribution >= 4 is 19.3 Å². The minimum absolute atomic E-state index is 0.155. The van der Waals surface area contributed by atoms with Crippen LogP contribution in [0.25, 0.3) is 0 Å². The van der Waals surface area contributed by atoms with Crippen LogP contribution >= 0.6 is 7.37 Å². The summed E-state index contributed by atoms with van der Waals surface area (Å²) in [5.74, 6) is -3.85. The van der Waals surface area contributed by atoms with E-state index in [1.54, 1.807) is 0 Å². The lowest BCUT2D eigenvalue weighted by Crippen LogP contribution is -2.41. The van der Waals surface area contributed by atoms with Crippen LogP contribution in [-0.4, -0.2) is 51.1 Å². The highest BCUT2D eigenvalue weighted by molar-refractivity contribution is 7.60. The zero-order valence-corrected chi connectivity index (χ0v) is 14.7. The van der Waals surface area contributed by atoms with E-state index in [1.807, 2.05) is 0 Å². The molecule has 0 spiro atoms. The first-order valence-corrected chi connectivity index (χ1v) is 9.80. The van der Waals surface area contributed by atoms with Gasteiger partial charge in [-0.25, -0.2) is 4.79 Å². The number of carboxylic acids is 2. The Morgan fingerprint density at radius 1 is 1.08 bits per heavy atom. The monoisotopic (exact) mass is 391 g/mol. The number of carboxylic acid groups (broad SMARTS) is 2. The third-order valence-corrected chi connectivity index (χ3v) is 7.05. The van der Waals surface area contributed by atoms with Crippen LogP contribution in [0.1, 0.15) is 51.4 Å². The second kappa shape index (κ2) is 10.1. The SMILES string of the molecule is NCCCCCCC1(C(=O)O)CCCCP1(=O)O.O=C(O)C(F)(F)F. The summed E-state index contributed by atoms with van der Waals surface area (Å²) in [6.07, 6.45) is 0.591. The molecule has 0 radical (unpaired) electrons. The van der Waals surface area contributed by atoms with Crippen LogP contribution in [0.3, 0.4) is 0 Å². The van der Waals surface area contributed by atoms with Gasteiger partial charge in [-0.3, -0.25) is 9.36 Å². The predicted octanol–water partition coefficient (Wildman–Crippen LogP) is 2.81. The topological polar surface area (TPSA) is 138 Å². The third kappa shape index (κ3) is 7.33. The summed E-state index contributed by atoms with van der Waals surface area (Å²) in [7, 11) is -3.56. The maximum absolute atomic E-state index is 12.2. The van der Waals surface area contributed by atoms with Gasteiger partial charge in [-0.2, -0.15) is 13.2 Å². The molecular formula is C14H25F3NO6P. The minimum atomic E-state index is -5.08. The number of alkyl halides is 3. The van der Waals surface area contributed by atoms with Gasteiger partial charge in [0, 0.05) is 6.16 Å².